The molecule has 2 aromatic heterocycles. The fourth-order valence-corrected chi connectivity index (χ4v) is 3.18. The van der Waals surface area contributed by atoms with Crippen LogP contribution >= 0.6 is 0 Å². The third kappa shape index (κ3) is 7.69. The van der Waals surface area contributed by atoms with E-state index in [1.165, 1.54) is 0 Å². The van der Waals surface area contributed by atoms with Gasteiger partial charge in [-0.2, -0.15) is 0 Å². The second-order valence-electron chi connectivity index (χ2n) is 6.92. The number of carboxylic acids is 1. The second-order valence-corrected chi connectivity index (χ2v) is 6.92. The first kappa shape index (κ1) is 23.8. The van der Waals surface area contributed by atoms with Crippen LogP contribution in [-0.2, 0) is 4.79 Å². The Hall–Kier alpha value is -3.49. The van der Waals surface area contributed by atoms with Crippen molar-refractivity contribution in [3.8, 4) is 11.1 Å². The van der Waals surface area contributed by atoms with Gasteiger partial charge in [0.1, 0.15) is 11.6 Å². The van der Waals surface area contributed by atoms with E-state index in [1.807, 2.05) is 54.7 Å². The van der Waals surface area contributed by atoms with Crippen LogP contribution in [0.3, 0.4) is 0 Å². The lowest BCUT2D eigenvalue weighted by molar-refractivity contribution is -0.137. The number of hydrogen-bond acceptors (Lipinski definition) is 7. The number of aliphatic carboxylic acids is 1. The first-order valence-corrected chi connectivity index (χ1v) is 10.1. The molecule has 3 aromatic rings. The zero-order valence-electron chi connectivity index (χ0n) is 17.4. The minimum Gasteiger partial charge on any atom is -0.481 e. The maximum Gasteiger partial charge on any atom is 0.303 e. The van der Waals surface area contributed by atoms with Crippen molar-refractivity contribution in [1.82, 2.24) is 9.97 Å². The van der Waals surface area contributed by atoms with Gasteiger partial charge in [0.05, 0.1) is 0 Å². The summed E-state index contributed by atoms with van der Waals surface area (Å²) in [6, 6.07) is 17.7. The first-order valence-electron chi connectivity index (χ1n) is 10.1. The van der Waals surface area contributed by atoms with Crippen molar-refractivity contribution in [2.45, 2.75) is 32.1 Å². The summed E-state index contributed by atoms with van der Waals surface area (Å²) in [6.45, 7) is 0.766. The maximum absolute atomic E-state index is 10.6. The molecule has 31 heavy (non-hydrogen) atoms. The summed E-state index contributed by atoms with van der Waals surface area (Å²) in [7, 11) is 0. The average molecular weight is 424 g/mol. The lowest BCUT2D eigenvalue weighted by Crippen LogP contribution is -2.20. The molecule has 0 spiro atoms. The Labute approximate surface area is 182 Å². The molecule has 6 N–H and O–H groups in total. The molecule has 0 atom stereocenters. The molecule has 164 valence electrons. The van der Waals surface area contributed by atoms with Crippen molar-refractivity contribution in [1.29, 1.82) is 0 Å². The Bertz CT molecular complexity index is 920. The number of anilines is 3. The minimum atomic E-state index is -0.733. The van der Waals surface area contributed by atoms with Gasteiger partial charge >= 0.3 is 5.97 Å². The van der Waals surface area contributed by atoms with Gasteiger partial charge in [0.2, 0.25) is 0 Å². The highest BCUT2D eigenvalue weighted by Crippen LogP contribution is 2.27. The fraction of sp³-hybridized carbons (Fsp3) is 0.261. The third-order valence-corrected chi connectivity index (χ3v) is 4.71. The minimum absolute atomic E-state index is 0.231. The van der Waals surface area contributed by atoms with E-state index in [2.05, 4.69) is 26.8 Å². The molecule has 0 saturated carbocycles. The van der Waals surface area contributed by atoms with Crippen molar-refractivity contribution in [2.75, 3.05) is 17.2 Å². The summed E-state index contributed by atoms with van der Waals surface area (Å²) in [6.07, 6.45) is 7.33. The van der Waals surface area contributed by atoms with Crippen molar-refractivity contribution < 1.29 is 15.1 Å². The molecule has 1 aromatic carbocycles. The van der Waals surface area contributed by atoms with E-state index in [1.54, 1.807) is 6.20 Å². The number of nitrogens with two attached hydrogens (primary N) is 2. The second kappa shape index (κ2) is 12.9. The summed E-state index contributed by atoms with van der Waals surface area (Å²) in [5.74, 6) is 4.45. The van der Waals surface area contributed by atoms with Gasteiger partial charge in [-0.05, 0) is 60.4 Å². The van der Waals surface area contributed by atoms with Gasteiger partial charge < -0.3 is 20.9 Å². The highest BCUT2D eigenvalue weighted by atomic mass is 16.4. The van der Waals surface area contributed by atoms with Crippen LogP contribution in [0.5, 0.6) is 0 Å². The SMILES string of the molecule is NO.Nc1ccc(-c2ccnc(N(CCCCCCC(=O)O)c3ccccn3)c2)cc1. The molecular formula is C23H29N5O3. The van der Waals surface area contributed by atoms with E-state index in [0.717, 1.165) is 54.3 Å². The van der Waals surface area contributed by atoms with Crippen LogP contribution in [0.4, 0.5) is 17.3 Å². The van der Waals surface area contributed by atoms with Gasteiger partial charge in [-0.1, -0.05) is 31.0 Å². The zero-order valence-corrected chi connectivity index (χ0v) is 17.4. The Kier molecular flexibility index (Phi) is 9.93. The molecule has 0 saturated heterocycles. The van der Waals surface area contributed by atoms with E-state index in [9.17, 15) is 4.79 Å². The summed E-state index contributed by atoms with van der Waals surface area (Å²) < 4.78 is 0. The molecule has 0 aliphatic rings. The lowest BCUT2D eigenvalue weighted by Gasteiger charge is -2.23. The number of nitrogens with zero attached hydrogens (tertiary/aromatic N) is 3. The number of pyridine rings is 2. The lowest BCUT2D eigenvalue weighted by atomic mass is 10.1. The van der Waals surface area contributed by atoms with Crippen molar-refractivity contribution in [2.24, 2.45) is 5.90 Å². The van der Waals surface area contributed by atoms with Crippen LogP contribution in [0, 0.1) is 0 Å². The molecule has 0 aliphatic carbocycles. The largest absolute Gasteiger partial charge is 0.481 e. The highest BCUT2D eigenvalue weighted by molar-refractivity contribution is 5.70. The van der Waals surface area contributed by atoms with Crippen molar-refractivity contribution >= 4 is 23.3 Å². The normalized spacial score (nSPS) is 10.1. The van der Waals surface area contributed by atoms with E-state index in [0.29, 0.717) is 6.42 Å². The predicted octanol–water partition coefficient (Wildman–Crippen LogP) is 4.23. The predicted molar refractivity (Wildman–Crippen MR) is 122 cm³/mol. The third-order valence-electron chi connectivity index (χ3n) is 4.71. The fourth-order valence-electron chi connectivity index (χ4n) is 3.18. The van der Waals surface area contributed by atoms with Crippen LogP contribution in [0.1, 0.15) is 32.1 Å². The molecule has 0 bridgehead atoms. The van der Waals surface area contributed by atoms with Crippen LogP contribution in [0.15, 0.2) is 67.0 Å². The number of carboxylic acid groups (broad SMARTS) is 1. The monoisotopic (exact) mass is 423 g/mol. The zero-order chi connectivity index (χ0) is 22.5. The highest BCUT2D eigenvalue weighted by Gasteiger charge is 2.13. The molecule has 8 heteroatoms. The number of rotatable bonds is 10. The van der Waals surface area contributed by atoms with Gasteiger partial charge in [0.25, 0.3) is 0 Å². The van der Waals surface area contributed by atoms with Gasteiger partial charge in [-0.15, -0.1) is 0 Å². The maximum atomic E-state index is 10.6. The van der Waals surface area contributed by atoms with Crippen LogP contribution < -0.4 is 16.5 Å². The molecule has 0 fully saturated rings. The summed E-state index contributed by atoms with van der Waals surface area (Å²) in [5.41, 5.74) is 8.69. The molecule has 0 amide bonds. The van der Waals surface area contributed by atoms with Crippen molar-refractivity contribution in [3.05, 3.63) is 67.0 Å². The van der Waals surface area contributed by atoms with E-state index in [4.69, 9.17) is 16.0 Å². The number of benzene rings is 1. The van der Waals surface area contributed by atoms with Crippen molar-refractivity contribution in [3.63, 3.8) is 0 Å². The quantitative estimate of drug-likeness (QED) is 0.216. The smallest absolute Gasteiger partial charge is 0.303 e. The molecular weight excluding hydrogens is 394 g/mol. The number of aromatic nitrogens is 2. The summed E-state index contributed by atoms with van der Waals surface area (Å²) >= 11 is 0. The molecule has 0 aliphatic heterocycles. The first-order chi connectivity index (χ1) is 15.1. The van der Waals surface area contributed by atoms with Gasteiger partial charge in [0.15, 0.2) is 0 Å². The summed E-state index contributed by atoms with van der Waals surface area (Å²) in [5, 5.41) is 15.3. The molecule has 8 nitrogen and oxygen atoms in total. The molecule has 3 rings (SSSR count). The van der Waals surface area contributed by atoms with Gasteiger partial charge in [-0.25, -0.2) is 15.9 Å². The summed E-state index contributed by atoms with van der Waals surface area (Å²) in [4.78, 5) is 21.8. The topological polar surface area (TPSA) is 139 Å². The number of hydrogen-bond donors (Lipinski definition) is 4. The van der Waals surface area contributed by atoms with E-state index < -0.39 is 5.97 Å². The molecule has 0 radical (unpaired) electrons. The average Bonchev–Trinajstić information content (AvgIpc) is 2.81. The Morgan fingerprint density at radius 1 is 0.839 bits per heavy atom. The van der Waals surface area contributed by atoms with E-state index in [-0.39, 0.29) is 6.42 Å². The van der Waals surface area contributed by atoms with E-state index >= 15 is 0 Å². The van der Waals surface area contributed by atoms with Gasteiger partial charge in [0, 0.05) is 31.0 Å². The number of nitrogen functional groups attached to an aromatic ring is 1. The van der Waals surface area contributed by atoms with Crippen LogP contribution in [-0.4, -0.2) is 32.8 Å². The number of unbranched alkanes of at least 4 members (excludes halogenated alkanes) is 3. The van der Waals surface area contributed by atoms with Crippen LogP contribution in [0.25, 0.3) is 11.1 Å². The number of carbonyl (C=O) groups is 1. The Morgan fingerprint density at radius 3 is 2.23 bits per heavy atom. The Balaban J connectivity index is 0.00000166. The standard InChI is InChI=1S/C23H26N4O2.H3NO/c24-20-11-9-18(10-12-20)19-13-15-26-22(17-19)27(21-7-4-5-14-25-21)16-6-2-1-3-8-23(28)29;1-2/h4-5,7,9-15,17H,1-3,6,8,16,24H2,(H,28,29);2H,1H2. The molecule has 2 heterocycles. The van der Waals surface area contributed by atoms with Gasteiger partial charge in [-0.3, -0.25) is 4.79 Å². The molecule has 0 unspecified atom stereocenters. The van der Waals surface area contributed by atoms with Crippen LogP contribution in [0.2, 0.25) is 0 Å². The Morgan fingerprint density at radius 2 is 1.55 bits per heavy atom.